The molecule has 1 N–H and O–H groups in total. The Labute approximate surface area is 208 Å². The molecule has 0 aliphatic heterocycles. The van der Waals surface area contributed by atoms with Crippen LogP contribution in [0.25, 0.3) is 0 Å². The number of para-hydroxylation sites is 1. The third-order valence-electron chi connectivity index (χ3n) is 5.52. The molecular weight excluding hydrogens is 474 g/mol. The van der Waals surface area contributed by atoms with E-state index >= 15 is 0 Å². The number of hydrogen-bond donors (Lipinski definition) is 1. The third kappa shape index (κ3) is 8.02. The van der Waals surface area contributed by atoms with Crippen molar-refractivity contribution in [1.29, 1.82) is 0 Å². The smallest absolute Gasteiger partial charge is 0.242 e. The zero-order chi connectivity index (χ0) is 25.3. The Morgan fingerprint density at radius 2 is 1.74 bits per heavy atom. The average molecular weight is 508 g/mol. The molecule has 1 unspecified atom stereocenters. The number of rotatable bonds is 12. The van der Waals surface area contributed by atoms with Gasteiger partial charge in [-0.05, 0) is 56.0 Å². The Morgan fingerprint density at radius 3 is 2.32 bits per heavy atom. The summed E-state index contributed by atoms with van der Waals surface area (Å²) in [6.45, 7) is 6.47. The summed E-state index contributed by atoms with van der Waals surface area (Å²) >= 11 is 5.98. The standard InChI is InChI=1S/C25H34ClN3O4S/c1-5-16-27-25(31)20(3)28(18-21-12-14-22(26)15-13-21)24(30)11-8-17-29(34(4,32)33)23-10-7-6-9-19(23)2/h6-7,9-10,12-15,20H,5,8,11,16-18H2,1-4H3,(H,27,31). The second-order valence-corrected chi connectivity index (χ2v) is 10.7. The van der Waals surface area contributed by atoms with Gasteiger partial charge in [0.05, 0.1) is 11.9 Å². The van der Waals surface area contributed by atoms with E-state index in [1.54, 1.807) is 31.2 Å². The molecular formula is C25H34ClN3O4S. The van der Waals surface area contributed by atoms with Crippen molar-refractivity contribution in [3.8, 4) is 0 Å². The first-order valence-electron chi connectivity index (χ1n) is 11.4. The number of sulfonamides is 1. The summed E-state index contributed by atoms with van der Waals surface area (Å²) in [7, 11) is -3.52. The molecule has 1 atom stereocenters. The quantitative estimate of drug-likeness (QED) is 0.467. The van der Waals surface area contributed by atoms with Gasteiger partial charge in [0.25, 0.3) is 0 Å². The lowest BCUT2D eigenvalue weighted by molar-refractivity contribution is -0.140. The van der Waals surface area contributed by atoms with Crippen molar-refractivity contribution in [2.24, 2.45) is 0 Å². The molecule has 186 valence electrons. The molecule has 0 aromatic heterocycles. The Morgan fingerprint density at radius 1 is 1.09 bits per heavy atom. The zero-order valence-corrected chi connectivity index (χ0v) is 21.8. The number of amides is 2. The third-order valence-corrected chi connectivity index (χ3v) is 6.95. The zero-order valence-electron chi connectivity index (χ0n) is 20.3. The van der Waals surface area contributed by atoms with Gasteiger partial charge >= 0.3 is 0 Å². The van der Waals surface area contributed by atoms with Crippen molar-refractivity contribution in [3.63, 3.8) is 0 Å². The number of anilines is 1. The van der Waals surface area contributed by atoms with Crippen molar-refractivity contribution < 1.29 is 18.0 Å². The molecule has 0 saturated heterocycles. The molecule has 34 heavy (non-hydrogen) atoms. The van der Waals surface area contributed by atoms with Crippen LogP contribution >= 0.6 is 11.6 Å². The van der Waals surface area contributed by atoms with Crippen LogP contribution in [0.3, 0.4) is 0 Å². The van der Waals surface area contributed by atoms with Gasteiger partial charge in [0.1, 0.15) is 6.04 Å². The van der Waals surface area contributed by atoms with Crippen LogP contribution in [0.1, 0.15) is 44.2 Å². The fourth-order valence-electron chi connectivity index (χ4n) is 3.59. The maximum atomic E-state index is 13.2. The lowest BCUT2D eigenvalue weighted by atomic mass is 10.1. The summed E-state index contributed by atoms with van der Waals surface area (Å²) in [4.78, 5) is 27.4. The number of hydrogen-bond acceptors (Lipinski definition) is 4. The van der Waals surface area contributed by atoms with Gasteiger partial charge in [-0.25, -0.2) is 8.42 Å². The lowest BCUT2D eigenvalue weighted by Gasteiger charge is -2.29. The topological polar surface area (TPSA) is 86.8 Å². The van der Waals surface area contributed by atoms with E-state index in [9.17, 15) is 18.0 Å². The van der Waals surface area contributed by atoms with Gasteiger partial charge < -0.3 is 10.2 Å². The number of carbonyl (C=O) groups is 2. The maximum absolute atomic E-state index is 13.2. The number of nitrogens with zero attached hydrogens (tertiary/aromatic N) is 2. The van der Waals surface area contributed by atoms with Gasteiger partial charge in [0.2, 0.25) is 21.8 Å². The molecule has 0 radical (unpaired) electrons. The van der Waals surface area contributed by atoms with Crippen LogP contribution in [-0.4, -0.2) is 50.5 Å². The Hall–Kier alpha value is -2.58. The maximum Gasteiger partial charge on any atom is 0.242 e. The fraction of sp³-hybridized carbons (Fsp3) is 0.440. The monoisotopic (exact) mass is 507 g/mol. The van der Waals surface area contributed by atoms with Crippen molar-refractivity contribution >= 4 is 39.1 Å². The van der Waals surface area contributed by atoms with Gasteiger partial charge in [-0.15, -0.1) is 0 Å². The molecule has 0 fully saturated rings. The first-order chi connectivity index (χ1) is 16.0. The van der Waals surface area contributed by atoms with Crippen LogP contribution in [0.2, 0.25) is 5.02 Å². The van der Waals surface area contributed by atoms with Crippen molar-refractivity contribution in [1.82, 2.24) is 10.2 Å². The molecule has 9 heteroatoms. The van der Waals surface area contributed by atoms with E-state index in [1.165, 1.54) is 9.21 Å². The van der Waals surface area contributed by atoms with E-state index in [4.69, 9.17) is 11.6 Å². The minimum absolute atomic E-state index is 0.108. The first kappa shape index (κ1) is 27.7. The van der Waals surface area contributed by atoms with Crippen LogP contribution in [0.5, 0.6) is 0 Å². The highest BCUT2D eigenvalue weighted by Gasteiger charge is 2.26. The largest absolute Gasteiger partial charge is 0.354 e. The van der Waals surface area contributed by atoms with Gasteiger partial charge in [0, 0.05) is 31.1 Å². The Balaban J connectivity index is 2.15. The van der Waals surface area contributed by atoms with Crippen LogP contribution in [0.4, 0.5) is 5.69 Å². The van der Waals surface area contributed by atoms with E-state index in [1.807, 2.05) is 38.1 Å². The normalized spacial score (nSPS) is 12.1. The predicted molar refractivity (Wildman–Crippen MR) is 137 cm³/mol. The van der Waals surface area contributed by atoms with Crippen LogP contribution in [0.15, 0.2) is 48.5 Å². The highest BCUT2D eigenvalue weighted by atomic mass is 35.5. The summed E-state index contributed by atoms with van der Waals surface area (Å²) < 4.78 is 26.2. The van der Waals surface area contributed by atoms with Gasteiger partial charge in [-0.3, -0.25) is 13.9 Å². The number of benzene rings is 2. The highest BCUT2D eigenvalue weighted by Crippen LogP contribution is 2.23. The van der Waals surface area contributed by atoms with E-state index in [2.05, 4.69) is 5.32 Å². The molecule has 0 aliphatic carbocycles. The SMILES string of the molecule is CCCNC(=O)C(C)N(Cc1ccc(Cl)cc1)C(=O)CCCN(c1ccccc1C)S(C)(=O)=O. The van der Waals surface area contributed by atoms with Crippen molar-refractivity contribution in [2.45, 2.75) is 52.6 Å². The van der Waals surface area contributed by atoms with E-state index in [0.29, 0.717) is 23.7 Å². The number of halogens is 1. The molecule has 0 saturated carbocycles. The molecule has 2 aromatic carbocycles. The fourth-order valence-corrected chi connectivity index (χ4v) is 4.74. The van der Waals surface area contributed by atoms with Crippen molar-refractivity contribution in [2.75, 3.05) is 23.7 Å². The molecule has 0 aliphatic rings. The van der Waals surface area contributed by atoms with Gasteiger partial charge in [0.15, 0.2) is 0 Å². The summed E-state index contributed by atoms with van der Waals surface area (Å²) in [6, 6.07) is 13.7. The molecule has 2 rings (SSSR count). The minimum atomic E-state index is -3.52. The summed E-state index contributed by atoms with van der Waals surface area (Å²) in [5, 5.41) is 3.43. The van der Waals surface area contributed by atoms with E-state index in [0.717, 1.165) is 23.8 Å². The number of carbonyl (C=O) groups excluding carboxylic acids is 2. The molecule has 2 amide bonds. The van der Waals surface area contributed by atoms with E-state index < -0.39 is 16.1 Å². The lowest BCUT2D eigenvalue weighted by Crippen LogP contribution is -2.47. The predicted octanol–water partition coefficient (Wildman–Crippen LogP) is 4.14. The highest BCUT2D eigenvalue weighted by molar-refractivity contribution is 7.92. The first-order valence-corrected chi connectivity index (χ1v) is 13.6. The minimum Gasteiger partial charge on any atom is -0.354 e. The summed E-state index contributed by atoms with van der Waals surface area (Å²) in [5.41, 5.74) is 2.29. The van der Waals surface area contributed by atoms with Crippen LogP contribution in [-0.2, 0) is 26.2 Å². The van der Waals surface area contributed by atoms with Crippen molar-refractivity contribution in [3.05, 3.63) is 64.7 Å². The van der Waals surface area contributed by atoms with Gasteiger partial charge in [-0.2, -0.15) is 0 Å². The van der Waals surface area contributed by atoms with Gasteiger partial charge in [-0.1, -0.05) is 48.9 Å². The Bertz CT molecular complexity index is 1070. The molecule has 0 heterocycles. The molecule has 0 bridgehead atoms. The Kier molecular flexibility index (Phi) is 10.4. The number of aryl methyl sites for hydroxylation is 1. The molecule has 7 nitrogen and oxygen atoms in total. The molecule has 2 aromatic rings. The summed E-state index contributed by atoms with van der Waals surface area (Å²) in [6.07, 6.45) is 2.38. The number of nitrogens with one attached hydrogen (secondary N) is 1. The van der Waals surface area contributed by atoms with Crippen LogP contribution < -0.4 is 9.62 Å². The average Bonchev–Trinajstić information content (AvgIpc) is 2.79. The van der Waals surface area contributed by atoms with E-state index in [-0.39, 0.29) is 31.3 Å². The van der Waals surface area contributed by atoms with Crippen LogP contribution in [0, 0.1) is 6.92 Å². The second kappa shape index (κ2) is 12.8. The second-order valence-electron chi connectivity index (χ2n) is 8.34. The summed E-state index contributed by atoms with van der Waals surface area (Å²) in [5.74, 6) is -0.436. The molecule has 0 spiro atoms.